The van der Waals surface area contributed by atoms with E-state index in [2.05, 4.69) is 27.8 Å². The van der Waals surface area contributed by atoms with E-state index < -0.39 is 48.2 Å². The number of amides is 5. The number of nitrogens with one attached hydrogen (secondary N) is 4. The average Bonchev–Trinajstić information content (AvgIpc) is 3.70. The van der Waals surface area contributed by atoms with Crippen molar-refractivity contribution in [2.45, 2.75) is 142 Å². The lowest BCUT2D eigenvalue weighted by molar-refractivity contribution is -0.142. The van der Waals surface area contributed by atoms with Gasteiger partial charge in [-0.25, -0.2) is 4.79 Å². The Labute approximate surface area is 356 Å². The van der Waals surface area contributed by atoms with Crippen molar-refractivity contribution in [1.29, 1.82) is 0 Å². The first-order valence-corrected chi connectivity index (χ1v) is 21.3. The standard InChI is InChI=1S/C20H32N2O4.C17H21N3O6.C6H12.C2H6/c1-4-18(26-15-14-23)11-7-5-6-8-12-19(24)21-17(3)20(25)22-13-9-10-16(22)2;1-2-6-12(19-10-21)15(23)16(24)18-9-13(22)20-14(17(25)26)11-7-4-3-5-8-11;1-2-4-6-5-3-1;1-2/h4-5,7,11,16-17,23H,1,6,8-10,12-15H2,2-3H3,(H,21,24);3-5,7-8,10,12,14H,2,6,9H2,1H3,(H,18,24)(H,19,21)(H,20,22)(H,25,26);1-6H2;1-2H3/b7-5-,18-11+;;;/t16?,17-;;;/m0.../s1. The second-order valence-corrected chi connectivity index (χ2v) is 14.0. The Balaban J connectivity index is 0.000000978. The zero-order valence-electron chi connectivity index (χ0n) is 36.4. The first-order chi connectivity index (χ1) is 28.9. The summed E-state index contributed by atoms with van der Waals surface area (Å²) in [6.07, 6.45) is 21.2. The van der Waals surface area contributed by atoms with Gasteiger partial charge < -0.3 is 41.1 Å². The number of hydrogen-bond acceptors (Lipinski definition) is 9. The highest BCUT2D eigenvalue weighted by atomic mass is 16.5. The quantitative estimate of drug-likeness (QED) is 0.0295. The zero-order valence-corrected chi connectivity index (χ0v) is 36.4. The second kappa shape index (κ2) is 34.5. The van der Waals surface area contributed by atoms with Crippen LogP contribution in [-0.2, 0) is 38.3 Å². The van der Waals surface area contributed by atoms with E-state index in [1.807, 2.05) is 37.8 Å². The third-order valence-corrected chi connectivity index (χ3v) is 9.30. The van der Waals surface area contributed by atoms with Crippen LogP contribution in [0.15, 0.2) is 67.0 Å². The number of aliphatic hydroxyl groups excluding tert-OH is 1. The molecule has 6 N–H and O–H groups in total. The number of unbranched alkanes of at least 4 members (excludes halogenated alkanes) is 1. The minimum atomic E-state index is -1.28. The maximum Gasteiger partial charge on any atom is 0.330 e. The Morgan fingerprint density at radius 1 is 0.967 bits per heavy atom. The van der Waals surface area contributed by atoms with Gasteiger partial charge in [-0.2, -0.15) is 0 Å². The van der Waals surface area contributed by atoms with Gasteiger partial charge in [0.1, 0.15) is 18.4 Å². The fraction of sp³-hybridized carbons (Fsp3) is 0.578. The van der Waals surface area contributed by atoms with Gasteiger partial charge >= 0.3 is 5.97 Å². The summed E-state index contributed by atoms with van der Waals surface area (Å²) in [5, 5.41) is 27.4. The molecule has 60 heavy (non-hydrogen) atoms. The molecule has 2 aliphatic rings. The van der Waals surface area contributed by atoms with Gasteiger partial charge in [-0.05, 0) is 63.7 Å². The van der Waals surface area contributed by atoms with Crippen LogP contribution in [0.5, 0.6) is 0 Å². The van der Waals surface area contributed by atoms with Crippen molar-refractivity contribution in [2.24, 2.45) is 0 Å². The Kier molecular flexibility index (Phi) is 31.5. The maximum absolute atomic E-state index is 12.3. The van der Waals surface area contributed by atoms with Crippen LogP contribution in [0.25, 0.3) is 0 Å². The third kappa shape index (κ3) is 23.9. The van der Waals surface area contributed by atoms with Gasteiger partial charge in [0.15, 0.2) is 6.04 Å². The van der Waals surface area contributed by atoms with E-state index in [0.717, 1.165) is 25.8 Å². The number of rotatable bonds is 22. The molecule has 336 valence electrons. The second-order valence-electron chi connectivity index (χ2n) is 14.0. The lowest BCUT2D eigenvalue weighted by Crippen LogP contribution is -2.48. The predicted molar refractivity (Wildman–Crippen MR) is 232 cm³/mol. The number of hydrogen-bond donors (Lipinski definition) is 6. The molecular formula is C45H71N5O10. The van der Waals surface area contributed by atoms with Crippen LogP contribution in [0.4, 0.5) is 0 Å². The van der Waals surface area contributed by atoms with Gasteiger partial charge in [0.05, 0.1) is 19.2 Å². The van der Waals surface area contributed by atoms with Crippen LogP contribution in [0, 0.1) is 0 Å². The Morgan fingerprint density at radius 3 is 2.12 bits per heavy atom. The van der Waals surface area contributed by atoms with Crippen molar-refractivity contribution in [3.8, 4) is 0 Å². The van der Waals surface area contributed by atoms with Crippen LogP contribution in [-0.4, -0.2) is 101 Å². The number of benzene rings is 1. The molecule has 15 heteroatoms. The van der Waals surface area contributed by atoms with E-state index in [0.29, 0.717) is 37.0 Å². The Morgan fingerprint density at radius 2 is 1.60 bits per heavy atom. The van der Waals surface area contributed by atoms with Gasteiger partial charge in [0.25, 0.3) is 5.91 Å². The van der Waals surface area contributed by atoms with Crippen molar-refractivity contribution in [2.75, 3.05) is 26.3 Å². The molecule has 1 saturated carbocycles. The number of ketones is 1. The lowest BCUT2D eigenvalue weighted by Gasteiger charge is -2.25. The predicted octanol–water partition coefficient (Wildman–Crippen LogP) is 5.20. The van der Waals surface area contributed by atoms with Crippen LogP contribution in [0.3, 0.4) is 0 Å². The van der Waals surface area contributed by atoms with E-state index in [9.17, 15) is 38.7 Å². The molecule has 3 unspecified atom stereocenters. The van der Waals surface area contributed by atoms with E-state index in [1.54, 1.807) is 56.3 Å². The molecule has 1 aromatic carbocycles. The SMILES string of the molecule is C1CCCCC1.C=C/C(=C\C=C/CCCC(=O)N[C@@H](C)C(=O)N1CCCC1C)OCCO.CC.CCCC(NC=O)C(=O)C(=O)NCC(=O)NC(C(=O)O)c1ccccc1. The highest BCUT2D eigenvalue weighted by Gasteiger charge is 2.29. The number of allylic oxidation sites excluding steroid dienone is 4. The summed E-state index contributed by atoms with van der Waals surface area (Å²) in [5.41, 5.74) is 0.369. The number of carbonyl (C=O) groups is 7. The number of ether oxygens (including phenoxy) is 1. The fourth-order valence-corrected chi connectivity index (χ4v) is 6.14. The number of Topliss-reactive ketones (excluding diaryl/α,β-unsaturated/α-hetero) is 1. The minimum absolute atomic E-state index is 0.00761. The average molecular weight is 842 g/mol. The topological polar surface area (TPSA) is 221 Å². The van der Waals surface area contributed by atoms with Crippen LogP contribution < -0.4 is 21.3 Å². The van der Waals surface area contributed by atoms with Crippen molar-refractivity contribution >= 4 is 41.8 Å². The molecule has 3 rings (SSSR count). The van der Waals surface area contributed by atoms with Gasteiger partial charge in [0, 0.05) is 19.0 Å². The van der Waals surface area contributed by atoms with Gasteiger partial charge in [0.2, 0.25) is 29.9 Å². The summed E-state index contributed by atoms with van der Waals surface area (Å²) in [4.78, 5) is 83.6. The molecule has 0 bridgehead atoms. The number of aliphatic carboxylic acids is 1. The van der Waals surface area contributed by atoms with Crippen LogP contribution in [0.2, 0.25) is 0 Å². The minimum Gasteiger partial charge on any atom is -0.491 e. The van der Waals surface area contributed by atoms with Crippen LogP contribution >= 0.6 is 0 Å². The van der Waals surface area contributed by atoms with Gasteiger partial charge in [-0.3, -0.25) is 28.8 Å². The summed E-state index contributed by atoms with van der Waals surface area (Å²) in [6, 6.07) is 5.61. The highest BCUT2D eigenvalue weighted by Crippen LogP contribution is 2.18. The number of carboxylic acid groups (broad SMARTS) is 1. The summed E-state index contributed by atoms with van der Waals surface area (Å²) in [7, 11) is 0. The molecule has 1 heterocycles. The van der Waals surface area contributed by atoms with E-state index in [4.69, 9.17) is 9.84 Å². The fourth-order valence-electron chi connectivity index (χ4n) is 6.14. The molecule has 5 amide bonds. The molecule has 15 nitrogen and oxygen atoms in total. The molecule has 4 atom stereocenters. The molecule has 0 aromatic heterocycles. The molecule has 2 fully saturated rings. The van der Waals surface area contributed by atoms with Crippen LogP contribution in [0.1, 0.15) is 130 Å². The first kappa shape index (κ1) is 54.7. The molecule has 1 aliphatic carbocycles. The van der Waals surface area contributed by atoms with E-state index in [-0.39, 0.29) is 37.5 Å². The van der Waals surface area contributed by atoms with Gasteiger partial charge in [-0.1, -0.05) is 115 Å². The number of likely N-dealkylation sites (tertiary alicyclic amines) is 1. The first-order valence-electron chi connectivity index (χ1n) is 21.3. The highest BCUT2D eigenvalue weighted by molar-refractivity contribution is 6.38. The Hall–Kier alpha value is -5.31. The molecular weight excluding hydrogens is 771 g/mol. The molecule has 1 aromatic rings. The lowest BCUT2D eigenvalue weighted by atomic mass is 10.0. The zero-order chi connectivity index (χ0) is 45.1. The van der Waals surface area contributed by atoms with E-state index >= 15 is 0 Å². The van der Waals surface area contributed by atoms with E-state index in [1.165, 1.54) is 38.5 Å². The number of carbonyl (C=O) groups excluding carboxylic acids is 6. The van der Waals surface area contributed by atoms with Crippen molar-refractivity contribution in [3.05, 3.63) is 72.5 Å². The Bertz CT molecular complexity index is 1480. The maximum atomic E-state index is 12.3. The molecule has 1 saturated heterocycles. The largest absolute Gasteiger partial charge is 0.491 e. The molecule has 0 spiro atoms. The monoisotopic (exact) mass is 842 g/mol. The normalized spacial score (nSPS) is 16.0. The number of aliphatic hydroxyl groups is 1. The molecule has 0 radical (unpaired) electrons. The molecule has 1 aliphatic heterocycles. The summed E-state index contributed by atoms with van der Waals surface area (Å²) >= 11 is 0. The summed E-state index contributed by atoms with van der Waals surface area (Å²) in [6.45, 7) is 13.6. The summed E-state index contributed by atoms with van der Waals surface area (Å²) < 4.78 is 5.24. The van der Waals surface area contributed by atoms with Crippen molar-refractivity contribution < 1.29 is 48.5 Å². The number of nitrogens with zero attached hydrogens (tertiary/aromatic N) is 1. The van der Waals surface area contributed by atoms with Gasteiger partial charge in [-0.15, -0.1) is 0 Å². The number of carboxylic acids is 1. The van der Waals surface area contributed by atoms with Crippen molar-refractivity contribution in [3.63, 3.8) is 0 Å². The summed E-state index contributed by atoms with van der Waals surface area (Å²) in [5.74, 6) is -3.42. The smallest absolute Gasteiger partial charge is 0.330 e. The van der Waals surface area contributed by atoms with Crippen molar-refractivity contribution in [1.82, 2.24) is 26.2 Å². The third-order valence-electron chi connectivity index (χ3n) is 9.30.